The molecule has 2 aromatic rings. The molecule has 7 heteroatoms. The number of aromatic nitrogens is 2. The van der Waals surface area contributed by atoms with E-state index in [2.05, 4.69) is 20.7 Å². The van der Waals surface area contributed by atoms with Crippen molar-refractivity contribution in [3.05, 3.63) is 47.8 Å². The zero-order chi connectivity index (χ0) is 15.8. The molecule has 0 aliphatic rings. The van der Waals surface area contributed by atoms with Gasteiger partial charge in [-0.2, -0.15) is 5.10 Å². The van der Waals surface area contributed by atoms with E-state index in [0.29, 0.717) is 13.1 Å². The summed E-state index contributed by atoms with van der Waals surface area (Å²) in [6.07, 6.45) is 3.79. The Labute approximate surface area is 154 Å². The fourth-order valence-electron chi connectivity index (χ4n) is 2.09. The lowest BCUT2D eigenvalue weighted by Crippen LogP contribution is -2.36. The highest BCUT2D eigenvalue weighted by Crippen LogP contribution is 2.16. The molecule has 1 heterocycles. The van der Waals surface area contributed by atoms with E-state index in [1.807, 2.05) is 50.6 Å². The first kappa shape index (κ1) is 19.3. The first-order valence-electron chi connectivity index (χ1n) is 7.34. The molecule has 23 heavy (non-hydrogen) atoms. The zero-order valence-corrected chi connectivity index (χ0v) is 16.1. The number of aliphatic imine (C=N–C) groups is 1. The molecule has 0 saturated heterocycles. The van der Waals surface area contributed by atoms with Gasteiger partial charge in [0.1, 0.15) is 5.75 Å². The van der Waals surface area contributed by atoms with E-state index in [1.54, 1.807) is 11.8 Å². The summed E-state index contributed by atoms with van der Waals surface area (Å²) in [6, 6.07) is 7.95. The molecule has 0 bridgehead atoms. The number of hydrogen-bond donors (Lipinski definition) is 2. The number of halogens is 1. The van der Waals surface area contributed by atoms with Gasteiger partial charge in [0, 0.05) is 37.5 Å². The largest absolute Gasteiger partial charge is 0.496 e. The number of benzene rings is 1. The number of ether oxygens (including phenoxy) is 1. The lowest BCUT2D eigenvalue weighted by molar-refractivity contribution is 0.409. The Bertz CT molecular complexity index is 626. The number of hydrogen-bond acceptors (Lipinski definition) is 3. The molecule has 0 amide bonds. The molecule has 0 fully saturated rings. The van der Waals surface area contributed by atoms with Crippen molar-refractivity contribution in [2.45, 2.75) is 20.0 Å². The number of guanidine groups is 1. The normalized spacial score (nSPS) is 10.8. The van der Waals surface area contributed by atoms with Gasteiger partial charge in [0.2, 0.25) is 0 Å². The summed E-state index contributed by atoms with van der Waals surface area (Å²) in [5.74, 6) is 1.65. The summed E-state index contributed by atoms with van der Waals surface area (Å²) in [4.78, 5) is 4.57. The minimum absolute atomic E-state index is 0. The molecule has 0 aliphatic carbocycles. The molecule has 126 valence electrons. The van der Waals surface area contributed by atoms with Crippen molar-refractivity contribution < 1.29 is 4.74 Å². The smallest absolute Gasteiger partial charge is 0.191 e. The molecule has 0 atom stereocenters. The molecular weight excluding hydrogens is 405 g/mol. The average Bonchev–Trinajstić information content (AvgIpc) is 2.96. The van der Waals surface area contributed by atoms with Crippen molar-refractivity contribution in [1.82, 2.24) is 20.4 Å². The molecule has 6 nitrogen and oxygen atoms in total. The number of rotatable bonds is 6. The first-order chi connectivity index (χ1) is 10.7. The monoisotopic (exact) mass is 429 g/mol. The lowest BCUT2D eigenvalue weighted by Gasteiger charge is -2.13. The Morgan fingerprint density at radius 2 is 2.09 bits per heavy atom. The van der Waals surface area contributed by atoms with Gasteiger partial charge < -0.3 is 15.4 Å². The standard InChI is InChI=1S/C16H23N5O.HI/c1-4-17-16(18-9-13-10-20-21(2)12-13)19-11-14-7-5-6-8-15(14)22-3;/h5-8,10,12H,4,9,11H2,1-3H3,(H2,17,18,19);1H. The van der Waals surface area contributed by atoms with Gasteiger partial charge in [0.15, 0.2) is 5.96 Å². The minimum atomic E-state index is 0. The van der Waals surface area contributed by atoms with Crippen LogP contribution in [0.2, 0.25) is 0 Å². The summed E-state index contributed by atoms with van der Waals surface area (Å²) in [7, 11) is 3.58. The maximum absolute atomic E-state index is 5.36. The second-order valence-corrected chi connectivity index (χ2v) is 4.88. The van der Waals surface area contributed by atoms with E-state index in [9.17, 15) is 0 Å². The zero-order valence-electron chi connectivity index (χ0n) is 13.7. The summed E-state index contributed by atoms with van der Waals surface area (Å²) < 4.78 is 7.14. The highest BCUT2D eigenvalue weighted by Gasteiger charge is 2.03. The number of nitrogens with one attached hydrogen (secondary N) is 2. The van der Waals surface area contributed by atoms with Crippen molar-refractivity contribution in [3.8, 4) is 5.75 Å². The summed E-state index contributed by atoms with van der Waals surface area (Å²) >= 11 is 0. The Hall–Kier alpha value is -1.77. The van der Waals surface area contributed by atoms with Gasteiger partial charge in [-0.1, -0.05) is 18.2 Å². The summed E-state index contributed by atoms with van der Waals surface area (Å²) in [5, 5.41) is 10.7. The first-order valence-corrected chi connectivity index (χ1v) is 7.34. The van der Waals surface area contributed by atoms with E-state index in [0.717, 1.165) is 29.4 Å². The van der Waals surface area contributed by atoms with Gasteiger partial charge in [-0.15, -0.1) is 24.0 Å². The van der Waals surface area contributed by atoms with Gasteiger partial charge in [-0.05, 0) is 13.0 Å². The van der Waals surface area contributed by atoms with Crippen LogP contribution in [-0.2, 0) is 20.1 Å². The third-order valence-corrected chi connectivity index (χ3v) is 3.16. The summed E-state index contributed by atoms with van der Waals surface area (Å²) in [5.41, 5.74) is 2.17. The Morgan fingerprint density at radius 3 is 2.74 bits per heavy atom. The minimum Gasteiger partial charge on any atom is -0.496 e. The van der Waals surface area contributed by atoms with Crippen LogP contribution in [0.1, 0.15) is 18.1 Å². The molecule has 0 saturated carbocycles. The van der Waals surface area contributed by atoms with Crippen LogP contribution >= 0.6 is 24.0 Å². The van der Waals surface area contributed by atoms with Gasteiger partial charge in [0.05, 0.1) is 19.9 Å². The van der Waals surface area contributed by atoms with E-state index in [4.69, 9.17) is 4.74 Å². The van der Waals surface area contributed by atoms with Crippen LogP contribution < -0.4 is 15.4 Å². The average molecular weight is 429 g/mol. The molecule has 0 unspecified atom stereocenters. The van der Waals surface area contributed by atoms with E-state index in [-0.39, 0.29) is 24.0 Å². The predicted molar refractivity (Wildman–Crippen MR) is 103 cm³/mol. The van der Waals surface area contributed by atoms with E-state index in [1.165, 1.54) is 0 Å². The second kappa shape index (κ2) is 10.1. The Kier molecular flexibility index (Phi) is 8.46. The third-order valence-electron chi connectivity index (χ3n) is 3.16. The number of nitrogens with zero attached hydrogens (tertiary/aromatic N) is 3. The molecule has 2 rings (SSSR count). The van der Waals surface area contributed by atoms with Gasteiger partial charge in [-0.3, -0.25) is 4.68 Å². The fraction of sp³-hybridized carbons (Fsp3) is 0.375. The van der Waals surface area contributed by atoms with Crippen LogP contribution in [0.15, 0.2) is 41.7 Å². The Morgan fingerprint density at radius 1 is 1.30 bits per heavy atom. The number of aryl methyl sites for hydroxylation is 1. The van der Waals surface area contributed by atoms with Gasteiger partial charge in [-0.25, -0.2) is 4.99 Å². The van der Waals surface area contributed by atoms with Crippen molar-refractivity contribution in [2.24, 2.45) is 12.0 Å². The van der Waals surface area contributed by atoms with Gasteiger partial charge in [0.25, 0.3) is 0 Å². The molecule has 0 aliphatic heterocycles. The third kappa shape index (κ3) is 6.09. The number of para-hydroxylation sites is 1. The van der Waals surface area contributed by atoms with Crippen LogP contribution in [0.3, 0.4) is 0 Å². The van der Waals surface area contributed by atoms with Gasteiger partial charge >= 0.3 is 0 Å². The van der Waals surface area contributed by atoms with E-state index < -0.39 is 0 Å². The fourth-order valence-corrected chi connectivity index (χ4v) is 2.09. The quantitative estimate of drug-likeness (QED) is 0.420. The summed E-state index contributed by atoms with van der Waals surface area (Å²) in [6.45, 7) is 4.10. The molecule has 0 radical (unpaired) electrons. The van der Waals surface area contributed by atoms with Crippen molar-refractivity contribution >= 4 is 29.9 Å². The topological polar surface area (TPSA) is 63.5 Å². The van der Waals surface area contributed by atoms with Crippen LogP contribution in [0.25, 0.3) is 0 Å². The molecule has 2 N–H and O–H groups in total. The van der Waals surface area contributed by atoms with Crippen molar-refractivity contribution in [1.29, 1.82) is 0 Å². The lowest BCUT2D eigenvalue weighted by atomic mass is 10.2. The van der Waals surface area contributed by atoms with Crippen LogP contribution in [0, 0.1) is 0 Å². The maximum atomic E-state index is 5.36. The highest BCUT2D eigenvalue weighted by atomic mass is 127. The molecule has 0 spiro atoms. The SMILES string of the molecule is CCNC(=NCc1cnn(C)c1)NCc1ccccc1OC.I. The van der Waals surface area contributed by atoms with Crippen molar-refractivity contribution in [3.63, 3.8) is 0 Å². The van der Waals surface area contributed by atoms with Crippen LogP contribution in [0.4, 0.5) is 0 Å². The maximum Gasteiger partial charge on any atom is 0.191 e. The number of methoxy groups -OCH3 is 1. The predicted octanol–water partition coefficient (Wildman–Crippen LogP) is 2.30. The molecular formula is C16H24IN5O. The second-order valence-electron chi connectivity index (χ2n) is 4.88. The van der Waals surface area contributed by atoms with Crippen LogP contribution in [0.5, 0.6) is 5.75 Å². The van der Waals surface area contributed by atoms with E-state index >= 15 is 0 Å². The Balaban J connectivity index is 0.00000264. The van der Waals surface area contributed by atoms with Crippen LogP contribution in [-0.4, -0.2) is 29.4 Å². The molecule has 1 aromatic carbocycles. The van der Waals surface area contributed by atoms with Crippen molar-refractivity contribution in [2.75, 3.05) is 13.7 Å². The molecule has 1 aromatic heterocycles. The highest BCUT2D eigenvalue weighted by molar-refractivity contribution is 14.0.